The van der Waals surface area contributed by atoms with E-state index in [9.17, 15) is 4.39 Å². The molecule has 2 N–H and O–H groups in total. The molecule has 18 heavy (non-hydrogen) atoms. The van der Waals surface area contributed by atoms with Gasteiger partial charge < -0.3 is 15.0 Å². The molecule has 0 amide bonds. The Hall–Kier alpha value is -1.59. The first kappa shape index (κ1) is 12.9. The van der Waals surface area contributed by atoms with E-state index < -0.39 is 0 Å². The predicted octanol–water partition coefficient (Wildman–Crippen LogP) is 2.35. The standard InChI is InChI=1S/C12H13ClFN3O/c1-17-10(6-15)16-12(13)11(17)8-5-7(14)3-4-9(8)18-2/h3-5H,6,15H2,1-2H3. The van der Waals surface area contributed by atoms with Crippen LogP contribution in [0.3, 0.4) is 0 Å². The van der Waals surface area contributed by atoms with Crippen molar-refractivity contribution in [2.24, 2.45) is 12.8 Å². The minimum Gasteiger partial charge on any atom is -0.496 e. The second kappa shape index (κ2) is 4.96. The van der Waals surface area contributed by atoms with Crippen LogP contribution < -0.4 is 10.5 Å². The highest BCUT2D eigenvalue weighted by Gasteiger charge is 2.18. The number of benzene rings is 1. The Labute approximate surface area is 109 Å². The third-order valence-corrected chi connectivity index (χ3v) is 3.01. The van der Waals surface area contributed by atoms with Crippen molar-refractivity contribution in [3.8, 4) is 17.0 Å². The molecule has 1 aromatic carbocycles. The van der Waals surface area contributed by atoms with Gasteiger partial charge in [-0.2, -0.15) is 0 Å². The second-order valence-corrected chi connectivity index (χ2v) is 4.13. The lowest BCUT2D eigenvalue weighted by Crippen LogP contribution is -2.05. The lowest BCUT2D eigenvalue weighted by Gasteiger charge is -2.10. The van der Waals surface area contributed by atoms with E-state index in [1.807, 2.05) is 0 Å². The predicted molar refractivity (Wildman–Crippen MR) is 68.1 cm³/mol. The van der Waals surface area contributed by atoms with E-state index in [4.69, 9.17) is 22.1 Å². The number of rotatable bonds is 3. The fourth-order valence-corrected chi connectivity index (χ4v) is 2.17. The van der Waals surface area contributed by atoms with E-state index in [0.29, 0.717) is 22.8 Å². The fourth-order valence-electron chi connectivity index (χ4n) is 1.85. The second-order valence-electron chi connectivity index (χ2n) is 3.78. The molecule has 2 rings (SSSR count). The quantitative estimate of drug-likeness (QED) is 0.931. The van der Waals surface area contributed by atoms with Crippen LogP contribution in [0, 0.1) is 5.82 Å². The molecule has 0 atom stereocenters. The molecule has 6 heteroatoms. The molecule has 96 valence electrons. The number of hydrogen-bond donors (Lipinski definition) is 1. The van der Waals surface area contributed by atoms with Gasteiger partial charge in [0.2, 0.25) is 0 Å². The number of hydrogen-bond acceptors (Lipinski definition) is 3. The Morgan fingerprint density at radius 2 is 2.22 bits per heavy atom. The molecule has 1 heterocycles. The SMILES string of the molecule is COc1ccc(F)cc1-c1c(Cl)nc(CN)n1C. The van der Waals surface area contributed by atoms with Crippen molar-refractivity contribution < 1.29 is 9.13 Å². The van der Waals surface area contributed by atoms with E-state index >= 15 is 0 Å². The van der Waals surface area contributed by atoms with Crippen molar-refractivity contribution in [2.75, 3.05) is 7.11 Å². The molecule has 0 spiro atoms. The van der Waals surface area contributed by atoms with Gasteiger partial charge in [-0.05, 0) is 18.2 Å². The number of methoxy groups -OCH3 is 1. The molecule has 0 aliphatic rings. The minimum absolute atomic E-state index is 0.258. The summed E-state index contributed by atoms with van der Waals surface area (Å²) in [5.41, 5.74) is 6.71. The Morgan fingerprint density at radius 3 is 2.78 bits per heavy atom. The molecule has 0 saturated carbocycles. The van der Waals surface area contributed by atoms with Gasteiger partial charge in [-0.25, -0.2) is 9.37 Å². The lowest BCUT2D eigenvalue weighted by atomic mass is 10.1. The summed E-state index contributed by atoms with van der Waals surface area (Å²) in [4.78, 5) is 4.14. The van der Waals surface area contributed by atoms with Gasteiger partial charge in [0.05, 0.1) is 19.3 Å². The molecule has 1 aromatic heterocycles. The smallest absolute Gasteiger partial charge is 0.155 e. The summed E-state index contributed by atoms with van der Waals surface area (Å²) < 4.78 is 20.3. The lowest BCUT2D eigenvalue weighted by molar-refractivity contribution is 0.415. The van der Waals surface area contributed by atoms with Gasteiger partial charge in [-0.15, -0.1) is 0 Å². The van der Waals surface area contributed by atoms with Crippen molar-refractivity contribution in [3.63, 3.8) is 0 Å². The molecule has 0 aliphatic heterocycles. The number of imidazole rings is 1. The number of nitrogens with two attached hydrogens (primary N) is 1. The van der Waals surface area contributed by atoms with Gasteiger partial charge in [0.25, 0.3) is 0 Å². The monoisotopic (exact) mass is 269 g/mol. The van der Waals surface area contributed by atoms with Gasteiger partial charge in [0.1, 0.15) is 17.4 Å². The third-order valence-electron chi connectivity index (χ3n) is 2.74. The van der Waals surface area contributed by atoms with E-state index in [-0.39, 0.29) is 17.5 Å². The maximum Gasteiger partial charge on any atom is 0.155 e. The van der Waals surface area contributed by atoms with Crippen molar-refractivity contribution in [3.05, 3.63) is 35.0 Å². The van der Waals surface area contributed by atoms with Gasteiger partial charge in [0.15, 0.2) is 5.15 Å². The minimum atomic E-state index is -0.364. The number of nitrogens with zero attached hydrogens (tertiary/aromatic N) is 2. The van der Waals surface area contributed by atoms with Crippen LogP contribution in [0.5, 0.6) is 5.75 Å². The molecule has 0 bridgehead atoms. The number of aromatic nitrogens is 2. The topological polar surface area (TPSA) is 53.1 Å². The molecule has 0 unspecified atom stereocenters. The zero-order valence-corrected chi connectivity index (χ0v) is 10.8. The Kier molecular flexibility index (Phi) is 3.54. The Morgan fingerprint density at radius 1 is 1.50 bits per heavy atom. The normalized spacial score (nSPS) is 10.7. The maximum atomic E-state index is 13.4. The highest BCUT2D eigenvalue weighted by atomic mass is 35.5. The number of halogens is 2. The molecular weight excluding hydrogens is 257 g/mol. The van der Waals surface area contributed by atoms with Gasteiger partial charge in [0, 0.05) is 12.6 Å². The van der Waals surface area contributed by atoms with Crippen molar-refractivity contribution in [1.82, 2.24) is 9.55 Å². The fraction of sp³-hybridized carbons (Fsp3) is 0.250. The zero-order valence-electron chi connectivity index (χ0n) is 10.1. The first-order chi connectivity index (χ1) is 8.58. The maximum absolute atomic E-state index is 13.4. The molecule has 4 nitrogen and oxygen atoms in total. The first-order valence-corrected chi connectivity index (χ1v) is 5.71. The molecular formula is C12H13ClFN3O. The Balaban J connectivity index is 2.68. The number of ether oxygens (including phenoxy) is 1. The molecule has 0 saturated heterocycles. The van der Waals surface area contributed by atoms with E-state index in [1.54, 1.807) is 17.7 Å². The Bertz CT molecular complexity index is 583. The highest BCUT2D eigenvalue weighted by Crippen LogP contribution is 2.35. The summed E-state index contributed by atoms with van der Waals surface area (Å²) in [5.74, 6) is 0.795. The van der Waals surface area contributed by atoms with Gasteiger partial charge in [-0.1, -0.05) is 11.6 Å². The zero-order chi connectivity index (χ0) is 13.3. The van der Waals surface area contributed by atoms with Crippen molar-refractivity contribution >= 4 is 11.6 Å². The van der Waals surface area contributed by atoms with Crippen LogP contribution in [0.1, 0.15) is 5.82 Å². The van der Waals surface area contributed by atoms with Gasteiger partial charge in [-0.3, -0.25) is 0 Å². The average molecular weight is 270 g/mol. The molecule has 0 aliphatic carbocycles. The highest BCUT2D eigenvalue weighted by molar-refractivity contribution is 6.32. The average Bonchev–Trinajstić information content (AvgIpc) is 2.64. The third kappa shape index (κ3) is 2.07. The first-order valence-electron chi connectivity index (χ1n) is 5.33. The summed E-state index contributed by atoms with van der Waals surface area (Å²) in [6.07, 6.45) is 0. The van der Waals surface area contributed by atoms with Gasteiger partial charge >= 0.3 is 0 Å². The van der Waals surface area contributed by atoms with E-state index in [0.717, 1.165) is 0 Å². The van der Waals surface area contributed by atoms with Crippen molar-refractivity contribution in [2.45, 2.75) is 6.54 Å². The summed E-state index contributed by atoms with van der Waals surface area (Å²) in [6.45, 7) is 0.258. The van der Waals surface area contributed by atoms with Crippen LogP contribution in [0.15, 0.2) is 18.2 Å². The van der Waals surface area contributed by atoms with Crippen LogP contribution in [0.25, 0.3) is 11.3 Å². The largest absolute Gasteiger partial charge is 0.496 e. The van der Waals surface area contributed by atoms with E-state index in [1.165, 1.54) is 19.2 Å². The molecule has 2 aromatic rings. The van der Waals surface area contributed by atoms with Crippen LogP contribution >= 0.6 is 11.6 Å². The molecule has 0 fully saturated rings. The molecule has 0 radical (unpaired) electrons. The van der Waals surface area contributed by atoms with Crippen LogP contribution in [-0.4, -0.2) is 16.7 Å². The summed E-state index contributed by atoms with van der Waals surface area (Å²) in [6, 6.07) is 4.24. The van der Waals surface area contributed by atoms with Crippen LogP contribution in [0.4, 0.5) is 4.39 Å². The van der Waals surface area contributed by atoms with E-state index in [2.05, 4.69) is 4.98 Å². The van der Waals surface area contributed by atoms with Crippen molar-refractivity contribution in [1.29, 1.82) is 0 Å². The van der Waals surface area contributed by atoms with Crippen LogP contribution in [0.2, 0.25) is 5.15 Å². The van der Waals surface area contributed by atoms with Crippen LogP contribution in [-0.2, 0) is 13.6 Å². The summed E-state index contributed by atoms with van der Waals surface area (Å²) in [5, 5.41) is 0.279. The summed E-state index contributed by atoms with van der Waals surface area (Å²) in [7, 11) is 3.30. The summed E-state index contributed by atoms with van der Waals surface area (Å²) >= 11 is 6.08.